The fourth-order valence-electron chi connectivity index (χ4n) is 7.49. The van der Waals surface area contributed by atoms with Gasteiger partial charge in [0.2, 0.25) is 0 Å². The van der Waals surface area contributed by atoms with Gasteiger partial charge in [-0.2, -0.15) is 0 Å². The molecule has 0 fully saturated rings. The number of thiazole rings is 2. The molecular formula is C56H46N4O2Pt2S2-2. The summed E-state index contributed by atoms with van der Waals surface area (Å²) >= 11 is 3.19. The summed E-state index contributed by atoms with van der Waals surface area (Å²) in [6.07, 6.45) is 3.67. The van der Waals surface area contributed by atoms with Gasteiger partial charge in [0.05, 0.1) is 22.2 Å². The normalized spacial score (nSPS) is 11.4. The van der Waals surface area contributed by atoms with Crippen molar-refractivity contribution in [1.29, 1.82) is 0 Å². The van der Waals surface area contributed by atoms with E-state index in [0.29, 0.717) is 0 Å². The SMILES string of the molecule is CC(C)(C)c1cc(-c2[c-]c(-c3ccccn3)ccc2)c2nc(-c3ccccc3O)sc2c1.CC(C)(C)c1ccnc(-c2[c-]c(-c3cccc4sc(-c5ccccc5O)nc34)ccc2)c1.[Pt].[Pt]. The third-order valence-corrected chi connectivity index (χ3v) is 13.2. The quantitative estimate of drug-likeness (QED) is 0.161. The van der Waals surface area contributed by atoms with Crippen molar-refractivity contribution in [2.45, 2.75) is 52.4 Å². The van der Waals surface area contributed by atoms with Crippen LogP contribution in [-0.2, 0) is 53.0 Å². The summed E-state index contributed by atoms with van der Waals surface area (Å²) in [4.78, 5) is 18.9. The summed E-state index contributed by atoms with van der Waals surface area (Å²) in [5, 5.41) is 22.3. The zero-order chi connectivity index (χ0) is 44.6. The number of nitrogens with zero attached hydrogens (tertiary/aromatic N) is 4. The van der Waals surface area contributed by atoms with E-state index in [2.05, 4.69) is 112 Å². The molecule has 2 N–H and O–H groups in total. The van der Waals surface area contributed by atoms with E-state index in [1.807, 2.05) is 91.1 Å². The number of phenolic OH excluding ortho intramolecular Hbond substituents is 2. The summed E-state index contributed by atoms with van der Waals surface area (Å²) in [7, 11) is 0. The Bertz CT molecular complexity index is 3300. The predicted octanol–water partition coefficient (Wildman–Crippen LogP) is 15.0. The molecule has 6 nitrogen and oxygen atoms in total. The number of fused-ring (bicyclic) bond motifs is 2. The van der Waals surface area contributed by atoms with Crippen LogP contribution in [0.2, 0.25) is 0 Å². The minimum atomic E-state index is -0.0133. The number of phenols is 2. The molecule has 0 spiro atoms. The molecule has 0 aliphatic carbocycles. The topological polar surface area (TPSA) is 92.0 Å². The van der Waals surface area contributed by atoms with E-state index in [1.54, 1.807) is 41.0 Å². The Kier molecular flexibility index (Phi) is 14.7. The van der Waals surface area contributed by atoms with E-state index in [1.165, 1.54) is 11.1 Å². The number of aromatic hydroxyl groups is 2. The molecule has 10 heteroatoms. The smallest absolute Gasteiger partial charge is 0.127 e. The van der Waals surface area contributed by atoms with Crippen molar-refractivity contribution in [2.75, 3.05) is 0 Å². The maximum Gasteiger partial charge on any atom is 0.127 e. The van der Waals surface area contributed by atoms with Gasteiger partial charge >= 0.3 is 0 Å². The predicted molar refractivity (Wildman–Crippen MR) is 266 cm³/mol. The maximum atomic E-state index is 10.4. The Balaban J connectivity index is 0.000000191. The van der Waals surface area contributed by atoms with Gasteiger partial charge in [-0.1, -0.05) is 124 Å². The van der Waals surface area contributed by atoms with Gasteiger partial charge in [0.15, 0.2) is 0 Å². The van der Waals surface area contributed by atoms with Crippen LogP contribution in [0.3, 0.4) is 0 Å². The first-order valence-corrected chi connectivity index (χ1v) is 22.8. The van der Waals surface area contributed by atoms with Crippen LogP contribution in [0.1, 0.15) is 52.7 Å². The standard InChI is InChI=1S/2C28H23N2OS.2Pt/c1-28(2,3)20-14-15-29-23(17-20)19-9-6-8-18(16-19)21-11-7-13-25-26(21)30-27(32-25)22-10-4-5-12-24(22)31;1-28(2,3)20-16-22(18-9-8-10-19(15-18)23-12-6-7-14-29-23)26-25(17-20)32-27(30-26)21-11-4-5-13-24(21)31;;/h4-15,17,31H,1-3H3;4-14,16-17,31H,1-3H3;;/q2*-1;;. The molecule has 0 saturated heterocycles. The zero-order valence-corrected chi connectivity index (χ0v) is 43.3. The fourth-order valence-corrected chi connectivity index (χ4v) is 9.58. The van der Waals surface area contributed by atoms with E-state index in [4.69, 9.17) is 9.97 Å². The molecule has 0 aliphatic rings. The second-order valence-electron chi connectivity index (χ2n) is 17.7. The molecule has 10 rings (SSSR count). The number of aromatic nitrogens is 4. The van der Waals surface area contributed by atoms with Gasteiger partial charge in [-0.15, -0.1) is 82.3 Å². The molecule has 6 aromatic carbocycles. The second-order valence-corrected chi connectivity index (χ2v) is 19.8. The van der Waals surface area contributed by atoms with Crippen LogP contribution < -0.4 is 0 Å². The molecule has 0 radical (unpaired) electrons. The fraction of sp³-hybridized carbons (Fsp3) is 0.143. The summed E-state index contributed by atoms with van der Waals surface area (Å²) in [6.45, 7) is 13.3. The van der Waals surface area contributed by atoms with Gasteiger partial charge in [0.1, 0.15) is 21.5 Å². The first-order chi connectivity index (χ1) is 30.8. The van der Waals surface area contributed by atoms with Crippen LogP contribution in [0.5, 0.6) is 11.5 Å². The number of rotatable bonds is 6. The molecule has 0 amide bonds. The Morgan fingerprint density at radius 2 is 0.924 bits per heavy atom. The van der Waals surface area contributed by atoms with Crippen LogP contribution in [0.4, 0.5) is 0 Å². The number of pyridine rings is 2. The van der Waals surface area contributed by atoms with Gasteiger partial charge < -0.3 is 10.2 Å². The number of para-hydroxylation sites is 3. The number of benzene rings is 6. The summed E-state index contributed by atoms with van der Waals surface area (Å²) < 4.78 is 2.18. The maximum absolute atomic E-state index is 10.4. The Hall–Kier alpha value is -5.62. The van der Waals surface area contributed by atoms with Gasteiger partial charge in [-0.3, -0.25) is 9.97 Å². The van der Waals surface area contributed by atoms with Crippen molar-refractivity contribution in [3.63, 3.8) is 0 Å². The van der Waals surface area contributed by atoms with E-state index < -0.39 is 0 Å². The molecule has 4 aromatic heterocycles. The summed E-state index contributed by atoms with van der Waals surface area (Å²) in [5.74, 6) is 0.485. The van der Waals surface area contributed by atoms with Crippen molar-refractivity contribution >= 4 is 43.1 Å². The van der Waals surface area contributed by atoms with Crippen LogP contribution in [0, 0.1) is 12.1 Å². The average Bonchev–Trinajstić information content (AvgIpc) is 3.94. The first kappa shape index (κ1) is 48.3. The van der Waals surface area contributed by atoms with Crippen LogP contribution in [0.15, 0.2) is 158 Å². The monoisotopic (exact) mass is 1260 g/mol. The molecule has 4 heterocycles. The molecule has 66 heavy (non-hydrogen) atoms. The average molecular weight is 1260 g/mol. The van der Waals surface area contributed by atoms with E-state index in [0.717, 1.165) is 86.3 Å². The molecule has 0 saturated carbocycles. The van der Waals surface area contributed by atoms with E-state index >= 15 is 0 Å². The van der Waals surface area contributed by atoms with Crippen molar-refractivity contribution < 1.29 is 52.3 Å². The van der Waals surface area contributed by atoms with Crippen LogP contribution >= 0.6 is 22.7 Å². The van der Waals surface area contributed by atoms with Crippen molar-refractivity contribution in [3.8, 4) is 77.4 Å². The van der Waals surface area contributed by atoms with Crippen molar-refractivity contribution in [3.05, 3.63) is 181 Å². The Labute approximate surface area is 423 Å². The summed E-state index contributed by atoms with van der Waals surface area (Å²) in [6, 6.07) is 54.9. The van der Waals surface area contributed by atoms with Crippen LogP contribution in [0.25, 0.3) is 86.3 Å². The summed E-state index contributed by atoms with van der Waals surface area (Å²) in [5.41, 5.74) is 13.6. The molecule has 0 unspecified atom stereocenters. The minimum absolute atomic E-state index is 0. The Morgan fingerprint density at radius 3 is 1.52 bits per heavy atom. The zero-order valence-electron chi connectivity index (χ0n) is 37.1. The molecular weight excluding hydrogens is 1210 g/mol. The van der Waals surface area contributed by atoms with Crippen LogP contribution in [-0.4, -0.2) is 30.1 Å². The minimum Gasteiger partial charge on any atom is -0.507 e. The third kappa shape index (κ3) is 10.3. The van der Waals surface area contributed by atoms with Crippen molar-refractivity contribution in [1.82, 2.24) is 19.9 Å². The molecule has 10 aromatic rings. The van der Waals surface area contributed by atoms with Crippen molar-refractivity contribution in [2.24, 2.45) is 0 Å². The van der Waals surface area contributed by atoms with Gasteiger partial charge in [0.25, 0.3) is 0 Å². The number of hydrogen-bond donors (Lipinski definition) is 2. The number of hydrogen-bond acceptors (Lipinski definition) is 8. The second kappa shape index (κ2) is 20.1. The van der Waals surface area contributed by atoms with Gasteiger partial charge in [-0.25, -0.2) is 9.97 Å². The molecule has 0 bridgehead atoms. The van der Waals surface area contributed by atoms with Gasteiger partial charge in [0, 0.05) is 75.3 Å². The van der Waals surface area contributed by atoms with E-state index in [-0.39, 0.29) is 64.5 Å². The Morgan fingerprint density at radius 1 is 0.424 bits per heavy atom. The van der Waals surface area contributed by atoms with Gasteiger partial charge in [-0.05, 0) is 70.5 Å². The first-order valence-electron chi connectivity index (χ1n) is 21.2. The molecule has 0 aliphatic heterocycles. The van der Waals surface area contributed by atoms with E-state index in [9.17, 15) is 10.2 Å². The largest absolute Gasteiger partial charge is 0.507 e. The molecule has 336 valence electrons. The third-order valence-electron chi connectivity index (χ3n) is 11.1. The molecule has 0 atom stereocenters.